The third-order valence-electron chi connectivity index (χ3n) is 5.83. The molecular weight excluding hydrogens is 445 g/mol. The van der Waals surface area contributed by atoms with E-state index in [4.69, 9.17) is 4.42 Å². The number of halogens is 3. The molecule has 1 saturated carbocycles. The van der Waals surface area contributed by atoms with Crippen LogP contribution < -0.4 is 5.32 Å². The van der Waals surface area contributed by atoms with Crippen molar-refractivity contribution in [2.24, 2.45) is 0 Å². The smallest absolute Gasteiger partial charge is 0.416 e. The molecule has 6 nitrogen and oxygen atoms in total. The molecule has 174 valence electrons. The second-order valence-corrected chi connectivity index (χ2v) is 8.37. The Hall–Kier alpha value is -3.88. The van der Waals surface area contributed by atoms with Gasteiger partial charge in [0, 0.05) is 17.2 Å². The Morgan fingerprint density at radius 3 is 2.56 bits per heavy atom. The SMILES string of the molecule is Cc1nc(-c2cccc(NC(=O)c3cnn(-c4cccc(C(F)(F)F)c4)c3C3CC3)c2)oc1C. The number of anilines is 1. The summed E-state index contributed by atoms with van der Waals surface area (Å²) >= 11 is 0. The van der Waals surface area contributed by atoms with E-state index in [0.717, 1.165) is 42.0 Å². The predicted molar refractivity (Wildman–Crippen MR) is 120 cm³/mol. The van der Waals surface area contributed by atoms with Crippen molar-refractivity contribution in [3.63, 3.8) is 0 Å². The second-order valence-electron chi connectivity index (χ2n) is 8.37. The average molecular weight is 466 g/mol. The maximum absolute atomic E-state index is 13.2. The zero-order valence-electron chi connectivity index (χ0n) is 18.5. The molecule has 0 bridgehead atoms. The summed E-state index contributed by atoms with van der Waals surface area (Å²) in [7, 11) is 0. The van der Waals surface area contributed by atoms with Gasteiger partial charge in [-0.05, 0) is 63.1 Å². The van der Waals surface area contributed by atoms with E-state index >= 15 is 0 Å². The molecule has 2 aromatic heterocycles. The Kier molecular flexibility index (Phi) is 5.27. The van der Waals surface area contributed by atoms with Crippen LogP contribution in [0.2, 0.25) is 0 Å². The lowest BCUT2D eigenvalue weighted by Crippen LogP contribution is -2.14. The Bertz CT molecular complexity index is 1360. The van der Waals surface area contributed by atoms with Crippen LogP contribution in [0.25, 0.3) is 17.1 Å². The molecular formula is C25H21F3N4O2. The fraction of sp³-hybridized carbons (Fsp3) is 0.240. The standard InChI is InChI=1S/C25H21F3N4O2/c1-14-15(2)34-24(30-14)17-5-3-7-19(11-17)31-23(33)21-13-29-32(22(21)16-9-10-16)20-8-4-6-18(12-20)25(26,27)28/h3-8,11-13,16H,9-10H2,1-2H3,(H,31,33). The fourth-order valence-electron chi connectivity index (χ4n) is 3.83. The van der Waals surface area contributed by atoms with E-state index in [1.807, 2.05) is 19.9 Å². The summed E-state index contributed by atoms with van der Waals surface area (Å²) < 4.78 is 46.7. The highest BCUT2D eigenvalue weighted by Gasteiger charge is 2.34. The lowest BCUT2D eigenvalue weighted by molar-refractivity contribution is -0.137. The summed E-state index contributed by atoms with van der Waals surface area (Å²) in [6, 6.07) is 12.1. The first-order valence-corrected chi connectivity index (χ1v) is 10.8. The van der Waals surface area contributed by atoms with Gasteiger partial charge in [0.15, 0.2) is 0 Å². The Morgan fingerprint density at radius 2 is 1.88 bits per heavy atom. The molecule has 1 amide bonds. The molecule has 1 aliphatic rings. The number of nitrogens with one attached hydrogen (secondary N) is 1. The van der Waals surface area contributed by atoms with Crippen LogP contribution in [0.15, 0.2) is 59.1 Å². The quantitative estimate of drug-likeness (QED) is 0.375. The number of carbonyl (C=O) groups is 1. The number of amides is 1. The summed E-state index contributed by atoms with van der Waals surface area (Å²) in [6.45, 7) is 3.69. The van der Waals surface area contributed by atoms with Crippen molar-refractivity contribution < 1.29 is 22.4 Å². The molecule has 0 unspecified atom stereocenters. The summed E-state index contributed by atoms with van der Waals surface area (Å²) in [5.74, 6) is 0.877. The van der Waals surface area contributed by atoms with E-state index in [1.165, 1.54) is 16.9 Å². The minimum Gasteiger partial charge on any atom is -0.441 e. The highest BCUT2D eigenvalue weighted by Crippen LogP contribution is 2.43. The van der Waals surface area contributed by atoms with Gasteiger partial charge in [0.25, 0.3) is 5.91 Å². The van der Waals surface area contributed by atoms with E-state index < -0.39 is 11.7 Å². The molecule has 1 aliphatic carbocycles. The van der Waals surface area contributed by atoms with E-state index in [0.29, 0.717) is 22.8 Å². The van der Waals surface area contributed by atoms with Crippen molar-refractivity contribution in [2.45, 2.75) is 38.8 Å². The van der Waals surface area contributed by atoms with Crippen LogP contribution in [0, 0.1) is 13.8 Å². The summed E-state index contributed by atoms with van der Waals surface area (Å²) in [4.78, 5) is 17.6. The monoisotopic (exact) mass is 466 g/mol. The number of benzene rings is 2. The van der Waals surface area contributed by atoms with E-state index in [2.05, 4.69) is 15.4 Å². The lowest BCUT2D eigenvalue weighted by Gasteiger charge is -2.12. The number of nitrogens with zero attached hydrogens (tertiary/aromatic N) is 3. The third kappa shape index (κ3) is 4.21. The number of aromatic nitrogens is 3. The number of hydrogen-bond donors (Lipinski definition) is 1. The van der Waals surface area contributed by atoms with Gasteiger partial charge >= 0.3 is 6.18 Å². The van der Waals surface area contributed by atoms with E-state index in [-0.39, 0.29) is 17.5 Å². The van der Waals surface area contributed by atoms with Crippen molar-refractivity contribution >= 4 is 11.6 Å². The number of hydrogen-bond acceptors (Lipinski definition) is 4. The Balaban J connectivity index is 1.45. The lowest BCUT2D eigenvalue weighted by atomic mass is 10.1. The number of rotatable bonds is 5. The van der Waals surface area contributed by atoms with Gasteiger partial charge in [-0.1, -0.05) is 12.1 Å². The molecule has 5 rings (SSSR count). The zero-order valence-corrected chi connectivity index (χ0v) is 18.5. The van der Waals surface area contributed by atoms with Crippen LogP contribution in [0.1, 0.15) is 51.8 Å². The molecule has 4 aromatic rings. The van der Waals surface area contributed by atoms with Gasteiger partial charge in [-0.15, -0.1) is 0 Å². The largest absolute Gasteiger partial charge is 0.441 e. The minimum atomic E-state index is -4.46. The fourth-order valence-corrected chi connectivity index (χ4v) is 3.83. The minimum absolute atomic E-state index is 0.0717. The molecule has 1 N–H and O–H groups in total. The van der Waals surface area contributed by atoms with Gasteiger partial charge in [0.1, 0.15) is 5.76 Å². The summed E-state index contributed by atoms with van der Waals surface area (Å²) in [5, 5.41) is 7.15. The van der Waals surface area contributed by atoms with Crippen LogP contribution in [-0.4, -0.2) is 20.7 Å². The molecule has 2 heterocycles. The van der Waals surface area contributed by atoms with Gasteiger partial charge in [0.2, 0.25) is 5.89 Å². The first kappa shape index (κ1) is 21.9. The normalized spacial score (nSPS) is 13.8. The number of carbonyl (C=O) groups excluding carboxylic acids is 1. The maximum Gasteiger partial charge on any atom is 0.416 e. The van der Waals surface area contributed by atoms with Crippen LogP contribution in [-0.2, 0) is 6.18 Å². The second kappa shape index (κ2) is 8.16. The van der Waals surface area contributed by atoms with E-state index in [1.54, 1.807) is 24.3 Å². The zero-order chi connectivity index (χ0) is 24.0. The van der Waals surface area contributed by atoms with Gasteiger partial charge in [-0.2, -0.15) is 18.3 Å². The molecule has 2 aromatic carbocycles. The van der Waals surface area contributed by atoms with Crippen LogP contribution in [0.3, 0.4) is 0 Å². The molecule has 0 atom stereocenters. The maximum atomic E-state index is 13.2. The molecule has 34 heavy (non-hydrogen) atoms. The molecule has 1 fully saturated rings. The van der Waals surface area contributed by atoms with Gasteiger partial charge in [-0.3, -0.25) is 4.79 Å². The van der Waals surface area contributed by atoms with Crippen molar-refractivity contribution in [1.82, 2.24) is 14.8 Å². The van der Waals surface area contributed by atoms with Gasteiger partial charge < -0.3 is 9.73 Å². The van der Waals surface area contributed by atoms with Crippen LogP contribution >= 0.6 is 0 Å². The summed E-state index contributed by atoms with van der Waals surface area (Å²) in [6.07, 6.45) is -1.35. The Morgan fingerprint density at radius 1 is 1.12 bits per heavy atom. The van der Waals surface area contributed by atoms with Crippen molar-refractivity contribution in [3.05, 3.63) is 83.0 Å². The molecule has 0 saturated heterocycles. The van der Waals surface area contributed by atoms with Gasteiger partial charge in [-0.25, -0.2) is 9.67 Å². The van der Waals surface area contributed by atoms with Crippen LogP contribution in [0.4, 0.5) is 18.9 Å². The predicted octanol–water partition coefficient (Wildman–Crippen LogP) is 6.29. The highest BCUT2D eigenvalue weighted by molar-refractivity contribution is 6.05. The topological polar surface area (TPSA) is 73.0 Å². The molecule has 0 radical (unpaired) electrons. The molecule has 0 aliphatic heterocycles. The summed E-state index contributed by atoms with van der Waals surface area (Å²) in [5.41, 5.74) is 2.52. The molecule has 9 heteroatoms. The third-order valence-corrected chi connectivity index (χ3v) is 5.83. The first-order chi connectivity index (χ1) is 16.2. The molecule has 0 spiro atoms. The number of oxazole rings is 1. The van der Waals surface area contributed by atoms with Crippen molar-refractivity contribution in [1.29, 1.82) is 0 Å². The van der Waals surface area contributed by atoms with Crippen molar-refractivity contribution in [3.8, 4) is 17.1 Å². The highest BCUT2D eigenvalue weighted by atomic mass is 19.4. The first-order valence-electron chi connectivity index (χ1n) is 10.8. The van der Waals surface area contributed by atoms with Crippen molar-refractivity contribution in [2.75, 3.05) is 5.32 Å². The van der Waals surface area contributed by atoms with E-state index in [9.17, 15) is 18.0 Å². The number of aryl methyl sites for hydroxylation is 2. The van der Waals surface area contributed by atoms with Crippen LogP contribution in [0.5, 0.6) is 0 Å². The Labute approximate surface area is 193 Å². The number of alkyl halides is 3. The van der Waals surface area contributed by atoms with Gasteiger partial charge in [0.05, 0.1) is 34.4 Å². The average Bonchev–Trinajstić information content (AvgIpc) is 3.45.